The van der Waals surface area contributed by atoms with E-state index in [0.29, 0.717) is 0 Å². The highest BCUT2D eigenvalue weighted by molar-refractivity contribution is 6.37. The van der Waals surface area contributed by atoms with Gasteiger partial charge in [0, 0.05) is 6.92 Å². The molecule has 0 amide bonds. The number of carbonyl (C=O) groups excluding carboxylic acids is 2. The van der Waals surface area contributed by atoms with Crippen LogP contribution in [0.3, 0.4) is 0 Å². The van der Waals surface area contributed by atoms with E-state index in [1.165, 1.54) is 13.8 Å². The highest BCUT2D eigenvalue weighted by Gasteiger charge is 1.96. The molecule has 0 bridgehead atoms. The lowest BCUT2D eigenvalue weighted by molar-refractivity contribution is -0.128. The second-order valence-electron chi connectivity index (χ2n) is 3.75. The molecule has 0 aromatic heterocycles. The van der Waals surface area contributed by atoms with Crippen molar-refractivity contribution >= 4 is 18.0 Å². The van der Waals surface area contributed by atoms with Crippen molar-refractivity contribution in [3.63, 3.8) is 0 Å². The fourth-order valence-electron chi connectivity index (χ4n) is 1.09. The second-order valence-corrected chi connectivity index (χ2v) is 3.75. The molecule has 0 aromatic carbocycles. The lowest BCUT2D eigenvalue weighted by Gasteiger charge is -1.98. The summed E-state index contributed by atoms with van der Waals surface area (Å²) in [6, 6.07) is 0. The van der Waals surface area contributed by atoms with Crippen LogP contribution >= 0.6 is 0 Å². The van der Waals surface area contributed by atoms with Crippen LogP contribution in [0, 0.1) is 0 Å². The third-order valence-corrected chi connectivity index (χ3v) is 2.21. The first kappa shape index (κ1) is 25.5. The van der Waals surface area contributed by atoms with Gasteiger partial charge in [0.25, 0.3) is 0 Å². The SMILES string of the molecule is C=CC(/C=C\C)=C(C=C)\C=C/C.CC.CC(=O)/C(C)=N/OC=O. The summed E-state index contributed by atoms with van der Waals surface area (Å²) in [6.07, 6.45) is 11.7. The third-order valence-electron chi connectivity index (χ3n) is 2.21. The zero-order valence-electron chi connectivity index (χ0n) is 15.1. The molecule has 0 aliphatic heterocycles. The summed E-state index contributed by atoms with van der Waals surface area (Å²) in [6.45, 7) is 18.4. The van der Waals surface area contributed by atoms with Crippen LogP contribution in [0.1, 0.15) is 41.5 Å². The molecule has 0 saturated carbocycles. The average molecular weight is 319 g/mol. The Balaban J connectivity index is -0.000000324. The molecule has 4 heteroatoms. The molecule has 128 valence electrons. The van der Waals surface area contributed by atoms with E-state index in [4.69, 9.17) is 0 Å². The summed E-state index contributed by atoms with van der Waals surface area (Å²) in [5.74, 6) is -0.211. The minimum absolute atomic E-state index is 0.159. The third kappa shape index (κ3) is 15.7. The van der Waals surface area contributed by atoms with E-state index in [2.05, 4.69) is 23.2 Å². The Morgan fingerprint density at radius 2 is 1.35 bits per heavy atom. The van der Waals surface area contributed by atoms with Gasteiger partial charge in [0.2, 0.25) is 0 Å². The molecule has 0 heterocycles. The Kier molecular flexibility index (Phi) is 21.6. The molecule has 0 N–H and O–H groups in total. The summed E-state index contributed by atoms with van der Waals surface area (Å²) >= 11 is 0. The van der Waals surface area contributed by atoms with E-state index in [9.17, 15) is 9.59 Å². The van der Waals surface area contributed by atoms with Crippen molar-refractivity contribution in [1.29, 1.82) is 0 Å². The van der Waals surface area contributed by atoms with Gasteiger partial charge in [-0.1, -0.05) is 68.6 Å². The molecule has 4 nitrogen and oxygen atoms in total. The molecular weight excluding hydrogens is 290 g/mol. The van der Waals surface area contributed by atoms with Gasteiger partial charge in [0.05, 0.1) is 0 Å². The number of nitrogens with zero attached hydrogens (tertiary/aromatic N) is 1. The van der Waals surface area contributed by atoms with E-state index < -0.39 is 0 Å². The summed E-state index contributed by atoms with van der Waals surface area (Å²) < 4.78 is 0. The summed E-state index contributed by atoms with van der Waals surface area (Å²) in [5, 5.41) is 3.14. The van der Waals surface area contributed by atoms with Gasteiger partial charge >= 0.3 is 6.47 Å². The van der Waals surface area contributed by atoms with Gasteiger partial charge in [-0.2, -0.15) is 0 Å². The van der Waals surface area contributed by atoms with E-state index in [0.717, 1.165) is 11.1 Å². The van der Waals surface area contributed by atoms with Crippen molar-refractivity contribution in [1.82, 2.24) is 0 Å². The molecule has 0 radical (unpaired) electrons. The molecule has 0 aromatic rings. The minimum Gasteiger partial charge on any atom is -0.321 e. The average Bonchev–Trinajstić information content (AvgIpc) is 2.57. The van der Waals surface area contributed by atoms with Crippen LogP contribution in [0.2, 0.25) is 0 Å². The number of rotatable bonds is 7. The molecule has 0 rings (SSSR count). The largest absolute Gasteiger partial charge is 0.323 e. The lowest BCUT2D eigenvalue weighted by atomic mass is 10.1. The lowest BCUT2D eigenvalue weighted by Crippen LogP contribution is -2.04. The number of ketones is 1. The standard InChI is InChI=1S/C12H16.C5H7NO3.C2H6/c1-5-9-11(7-3)12(8-4)10-6-2;1-4(5(2)8)6-9-3-7;1-2/h5-10H,3-4H2,1-2H3;3H,1-2H3;1-2H3/b9-5-,10-6-,12-11+;6-4+;. The van der Waals surface area contributed by atoms with E-state index in [1.807, 2.05) is 64.2 Å². The molecule has 0 aliphatic carbocycles. The smallest absolute Gasteiger partial charge is 0.321 e. The van der Waals surface area contributed by atoms with Gasteiger partial charge in [-0.15, -0.1) is 0 Å². The van der Waals surface area contributed by atoms with Crippen molar-refractivity contribution in [2.24, 2.45) is 5.16 Å². The van der Waals surface area contributed by atoms with Crippen LogP contribution in [0.4, 0.5) is 0 Å². The van der Waals surface area contributed by atoms with E-state index in [1.54, 1.807) is 0 Å². The maximum absolute atomic E-state index is 10.3. The zero-order chi connectivity index (χ0) is 18.7. The normalized spacial score (nSPS) is 11.5. The van der Waals surface area contributed by atoms with Crippen LogP contribution in [0.5, 0.6) is 0 Å². The fraction of sp³-hybridized carbons (Fsp3) is 0.316. The molecule has 0 saturated heterocycles. The van der Waals surface area contributed by atoms with Crippen molar-refractivity contribution in [2.75, 3.05) is 0 Å². The molecule has 0 unspecified atom stereocenters. The highest BCUT2D eigenvalue weighted by atomic mass is 16.7. The number of carbonyl (C=O) groups is 2. The molecular formula is C19H29NO3. The first-order valence-corrected chi connectivity index (χ1v) is 7.37. The maximum Gasteiger partial charge on any atom is 0.323 e. The molecule has 0 aliphatic rings. The van der Waals surface area contributed by atoms with Crippen molar-refractivity contribution in [2.45, 2.75) is 41.5 Å². The number of oxime groups is 1. The Hall–Kier alpha value is -2.49. The molecule has 23 heavy (non-hydrogen) atoms. The minimum atomic E-state index is -0.211. The predicted octanol–water partition coefficient (Wildman–Crippen LogP) is 4.96. The molecule has 0 spiro atoms. The van der Waals surface area contributed by atoms with Gasteiger partial charge in [-0.25, -0.2) is 0 Å². The quantitative estimate of drug-likeness (QED) is 0.219. The van der Waals surface area contributed by atoms with Crippen LogP contribution in [0.25, 0.3) is 0 Å². The Morgan fingerprint density at radius 3 is 1.57 bits per heavy atom. The van der Waals surface area contributed by atoms with Crippen LogP contribution < -0.4 is 0 Å². The van der Waals surface area contributed by atoms with Gasteiger partial charge < -0.3 is 4.84 Å². The van der Waals surface area contributed by atoms with Crippen LogP contribution in [-0.2, 0) is 14.4 Å². The van der Waals surface area contributed by atoms with Gasteiger partial charge in [0.15, 0.2) is 5.78 Å². The first-order chi connectivity index (χ1) is 11.0. The van der Waals surface area contributed by atoms with Gasteiger partial charge in [-0.3, -0.25) is 9.59 Å². The van der Waals surface area contributed by atoms with Gasteiger partial charge in [-0.05, 0) is 31.9 Å². The van der Waals surface area contributed by atoms with Gasteiger partial charge in [0.1, 0.15) is 5.71 Å². The second kappa shape index (κ2) is 19.5. The van der Waals surface area contributed by atoms with Crippen molar-refractivity contribution < 1.29 is 14.4 Å². The first-order valence-electron chi connectivity index (χ1n) is 7.37. The van der Waals surface area contributed by atoms with E-state index in [-0.39, 0.29) is 18.0 Å². The highest BCUT2D eigenvalue weighted by Crippen LogP contribution is 2.10. The van der Waals surface area contributed by atoms with Crippen molar-refractivity contribution in [3.8, 4) is 0 Å². The van der Waals surface area contributed by atoms with Crippen LogP contribution in [-0.4, -0.2) is 18.0 Å². The fourth-order valence-corrected chi connectivity index (χ4v) is 1.09. The predicted molar refractivity (Wildman–Crippen MR) is 99.3 cm³/mol. The number of Topliss-reactive ketones (excluding diaryl/α,β-unsaturated/α-hetero) is 1. The zero-order valence-corrected chi connectivity index (χ0v) is 15.1. The molecule has 0 atom stereocenters. The Bertz CT molecular complexity index is 455. The summed E-state index contributed by atoms with van der Waals surface area (Å²) in [5.41, 5.74) is 2.39. The number of hydrogen-bond donors (Lipinski definition) is 0. The molecule has 0 fully saturated rings. The van der Waals surface area contributed by atoms with E-state index >= 15 is 0 Å². The number of hydrogen-bond acceptors (Lipinski definition) is 4. The number of allylic oxidation sites excluding steroid dienone is 8. The summed E-state index contributed by atoms with van der Waals surface area (Å²) in [4.78, 5) is 23.8. The maximum atomic E-state index is 10.3. The Morgan fingerprint density at radius 1 is 0.957 bits per heavy atom. The Labute approximate surface area is 140 Å². The van der Waals surface area contributed by atoms with Crippen LogP contribution in [0.15, 0.2) is 65.9 Å². The monoisotopic (exact) mass is 319 g/mol. The van der Waals surface area contributed by atoms with Crippen molar-refractivity contribution in [3.05, 3.63) is 60.8 Å². The topological polar surface area (TPSA) is 55.7 Å². The summed E-state index contributed by atoms with van der Waals surface area (Å²) in [7, 11) is 0.